The van der Waals surface area contributed by atoms with E-state index in [2.05, 4.69) is 4.90 Å². The highest BCUT2D eigenvalue weighted by Crippen LogP contribution is 2.27. The maximum absolute atomic E-state index is 12.5. The van der Waals surface area contributed by atoms with Crippen molar-refractivity contribution >= 4 is 29.4 Å². The SMILES string of the molecule is O=C(C1CSCCS1)N1CCC(OC2CCOCC2)CC1. The summed E-state index contributed by atoms with van der Waals surface area (Å²) in [6, 6.07) is 0. The van der Waals surface area contributed by atoms with Crippen LogP contribution < -0.4 is 0 Å². The van der Waals surface area contributed by atoms with Gasteiger partial charge in [-0.25, -0.2) is 0 Å². The summed E-state index contributed by atoms with van der Waals surface area (Å²) in [5, 5.41) is 0.191. The normalized spacial score (nSPS) is 29.5. The zero-order valence-electron chi connectivity index (χ0n) is 12.5. The molecule has 3 rings (SSSR count). The van der Waals surface area contributed by atoms with E-state index in [0.717, 1.165) is 63.5 Å². The van der Waals surface area contributed by atoms with E-state index in [4.69, 9.17) is 9.47 Å². The zero-order chi connectivity index (χ0) is 14.5. The van der Waals surface area contributed by atoms with Crippen LogP contribution in [-0.4, -0.2) is 71.8 Å². The fourth-order valence-corrected chi connectivity index (χ4v) is 5.76. The molecule has 21 heavy (non-hydrogen) atoms. The van der Waals surface area contributed by atoms with Gasteiger partial charge in [0.25, 0.3) is 0 Å². The minimum atomic E-state index is 0.191. The first kappa shape index (κ1) is 16.0. The van der Waals surface area contributed by atoms with Gasteiger partial charge >= 0.3 is 0 Å². The predicted octanol–water partition coefficient (Wildman–Crippen LogP) is 2.02. The molecule has 6 heteroatoms. The van der Waals surface area contributed by atoms with Crippen LogP contribution in [0.1, 0.15) is 25.7 Å². The molecule has 0 N–H and O–H groups in total. The summed E-state index contributed by atoms with van der Waals surface area (Å²) in [6.07, 6.45) is 4.74. The van der Waals surface area contributed by atoms with Gasteiger partial charge in [0.15, 0.2) is 0 Å². The number of ether oxygens (including phenoxy) is 2. The van der Waals surface area contributed by atoms with Crippen molar-refractivity contribution in [2.45, 2.75) is 43.1 Å². The predicted molar refractivity (Wildman–Crippen MR) is 88.1 cm³/mol. The molecular weight excluding hydrogens is 306 g/mol. The molecule has 1 amide bonds. The average molecular weight is 332 g/mol. The topological polar surface area (TPSA) is 38.8 Å². The van der Waals surface area contributed by atoms with Crippen molar-refractivity contribution in [3.8, 4) is 0 Å². The summed E-state index contributed by atoms with van der Waals surface area (Å²) in [4.78, 5) is 14.5. The van der Waals surface area contributed by atoms with E-state index in [1.165, 1.54) is 5.75 Å². The summed E-state index contributed by atoms with van der Waals surface area (Å²) in [5.41, 5.74) is 0. The van der Waals surface area contributed by atoms with Gasteiger partial charge in [0, 0.05) is 43.6 Å². The quantitative estimate of drug-likeness (QED) is 0.791. The molecule has 3 aliphatic heterocycles. The zero-order valence-corrected chi connectivity index (χ0v) is 14.1. The number of nitrogens with zero attached hydrogens (tertiary/aromatic N) is 1. The summed E-state index contributed by atoms with van der Waals surface area (Å²) >= 11 is 3.75. The highest BCUT2D eigenvalue weighted by Gasteiger charge is 2.31. The van der Waals surface area contributed by atoms with Crippen LogP contribution >= 0.6 is 23.5 Å². The molecule has 0 saturated carbocycles. The molecule has 1 unspecified atom stereocenters. The van der Waals surface area contributed by atoms with Crippen LogP contribution in [0.4, 0.5) is 0 Å². The van der Waals surface area contributed by atoms with Crippen LogP contribution in [0.15, 0.2) is 0 Å². The van der Waals surface area contributed by atoms with Crippen LogP contribution in [0.25, 0.3) is 0 Å². The lowest BCUT2D eigenvalue weighted by Gasteiger charge is -2.36. The number of carbonyl (C=O) groups excluding carboxylic acids is 1. The number of rotatable bonds is 3. The van der Waals surface area contributed by atoms with Gasteiger partial charge in [-0.3, -0.25) is 4.79 Å². The maximum atomic E-state index is 12.5. The molecule has 3 fully saturated rings. The van der Waals surface area contributed by atoms with Crippen LogP contribution in [0, 0.1) is 0 Å². The van der Waals surface area contributed by atoms with E-state index in [1.54, 1.807) is 0 Å². The van der Waals surface area contributed by atoms with Gasteiger partial charge in [0.05, 0.1) is 17.5 Å². The molecule has 4 nitrogen and oxygen atoms in total. The third kappa shape index (κ3) is 4.53. The monoisotopic (exact) mass is 331 g/mol. The Morgan fingerprint density at radius 2 is 1.76 bits per heavy atom. The number of piperidine rings is 1. The lowest BCUT2D eigenvalue weighted by atomic mass is 10.1. The van der Waals surface area contributed by atoms with E-state index in [1.807, 2.05) is 23.5 Å². The lowest BCUT2D eigenvalue weighted by Crippen LogP contribution is -2.46. The van der Waals surface area contributed by atoms with E-state index in [9.17, 15) is 4.79 Å². The highest BCUT2D eigenvalue weighted by molar-refractivity contribution is 8.07. The van der Waals surface area contributed by atoms with Gasteiger partial charge in [-0.15, -0.1) is 11.8 Å². The second-order valence-electron chi connectivity index (χ2n) is 5.91. The number of amides is 1. The van der Waals surface area contributed by atoms with Crippen molar-refractivity contribution in [1.29, 1.82) is 0 Å². The van der Waals surface area contributed by atoms with Crippen LogP contribution in [0.2, 0.25) is 0 Å². The molecule has 0 aromatic heterocycles. The molecule has 0 aromatic carbocycles. The smallest absolute Gasteiger partial charge is 0.236 e. The molecule has 120 valence electrons. The van der Waals surface area contributed by atoms with Crippen molar-refractivity contribution in [3.63, 3.8) is 0 Å². The second-order valence-corrected chi connectivity index (χ2v) is 8.37. The van der Waals surface area contributed by atoms with E-state index < -0.39 is 0 Å². The van der Waals surface area contributed by atoms with E-state index >= 15 is 0 Å². The molecule has 3 aliphatic rings. The van der Waals surface area contributed by atoms with E-state index in [0.29, 0.717) is 18.1 Å². The van der Waals surface area contributed by atoms with Crippen LogP contribution in [0.3, 0.4) is 0 Å². The van der Waals surface area contributed by atoms with Crippen molar-refractivity contribution in [3.05, 3.63) is 0 Å². The summed E-state index contributed by atoms with van der Waals surface area (Å²) < 4.78 is 11.5. The number of thioether (sulfide) groups is 2. The third-order valence-corrected chi connectivity index (χ3v) is 7.14. The van der Waals surface area contributed by atoms with Gasteiger partial charge in [-0.05, 0) is 25.7 Å². The lowest BCUT2D eigenvalue weighted by molar-refractivity contribution is -0.134. The maximum Gasteiger partial charge on any atom is 0.236 e. The van der Waals surface area contributed by atoms with Crippen molar-refractivity contribution < 1.29 is 14.3 Å². The van der Waals surface area contributed by atoms with E-state index in [-0.39, 0.29) is 5.25 Å². The molecule has 0 aliphatic carbocycles. The first-order valence-corrected chi connectivity index (χ1v) is 10.2. The van der Waals surface area contributed by atoms with Gasteiger partial charge in [-0.2, -0.15) is 11.8 Å². The molecule has 0 aromatic rings. The van der Waals surface area contributed by atoms with Crippen LogP contribution in [-0.2, 0) is 14.3 Å². The Kier molecular flexibility index (Phi) is 6.15. The van der Waals surface area contributed by atoms with Crippen molar-refractivity contribution in [1.82, 2.24) is 4.90 Å². The molecule has 0 spiro atoms. The molecule has 0 radical (unpaired) electrons. The number of hydrogen-bond donors (Lipinski definition) is 0. The number of carbonyl (C=O) groups is 1. The Bertz CT molecular complexity index is 336. The van der Waals surface area contributed by atoms with Gasteiger partial charge < -0.3 is 14.4 Å². The Hall–Kier alpha value is 0.0900. The molecule has 0 bridgehead atoms. The Balaban J connectivity index is 1.40. The number of likely N-dealkylation sites (tertiary alicyclic amines) is 1. The Morgan fingerprint density at radius 3 is 2.43 bits per heavy atom. The molecule has 3 heterocycles. The van der Waals surface area contributed by atoms with Gasteiger partial charge in [-0.1, -0.05) is 0 Å². The minimum Gasteiger partial charge on any atom is -0.381 e. The number of hydrogen-bond acceptors (Lipinski definition) is 5. The Morgan fingerprint density at radius 1 is 1.05 bits per heavy atom. The highest BCUT2D eigenvalue weighted by atomic mass is 32.2. The molecular formula is C15H25NO3S2. The van der Waals surface area contributed by atoms with Gasteiger partial charge in [0.2, 0.25) is 5.91 Å². The van der Waals surface area contributed by atoms with Crippen LogP contribution in [0.5, 0.6) is 0 Å². The first-order chi connectivity index (χ1) is 10.3. The third-order valence-electron chi connectivity index (χ3n) is 4.40. The van der Waals surface area contributed by atoms with Crippen molar-refractivity contribution in [2.75, 3.05) is 43.6 Å². The summed E-state index contributed by atoms with van der Waals surface area (Å²) in [7, 11) is 0. The standard InChI is InChI=1S/C15H25NO3S2/c17-15(14-11-20-9-10-21-14)16-5-1-12(2-6-16)19-13-3-7-18-8-4-13/h12-14H,1-11H2. The second kappa shape index (κ2) is 8.09. The first-order valence-electron chi connectivity index (χ1n) is 8.04. The largest absolute Gasteiger partial charge is 0.381 e. The summed E-state index contributed by atoms with van der Waals surface area (Å²) in [5.74, 6) is 3.65. The Labute approximate surface area is 135 Å². The van der Waals surface area contributed by atoms with Gasteiger partial charge in [0.1, 0.15) is 0 Å². The average Bonchev–Trinajstić information content (AvgIpc) is 2.57. The van der Waals surface area contributed by atoms with Crippen molar-refractivity contribution in [2.24, 2.45) is 0 Å². The molecule has 3 saturated heterocycles. The summed E-state index contributed by atoms with van der Waals surface area (Å²) in [6.45, 7) is 3.40. The minimum absolute atomic E-state index is 0.191. The fourth-order valence-electron chi connectivity index (χ4n) is 3.13. The molecule has 1 atom stereocenters. The fraction of sp³-hybridized carbons (Fsp3) is 0.933.